The number of benzene rings is 1. The molecule has 4 rings (SSSR count). The number of likely N-dealkylation sites (tertiary alicyclic amines) is 1. The van der Waals surface area contributed by atoms with Crippen molar-refractivity contribution >= 4 is 11.6 Å². The number of nitrogens with zero attached hydrogens (tertiary/aromatic N) is 4. The van der Waals surface area contributed by atoms with Crippen molar-refractivity contribution in [3.63, 3.8) is 0 Å². The van der Waals surface area contributed by atoms with Crippen molar-refractivity contribution in [2.24, 2.45) is 0 Å². The van der Waals surface area contributed by atoms with Crippen LogP contribution in [-0.4, -0.2) is 40.1 Å². The Morgan fingerprint density at radius 3 is 3.09 bits per heavy atom. The topological polar surface area (TPSA) is 76.0 Å². The number of carbonyl (C=O) groups is 1. The molecule has 1 saturated heterocycles. The summed E-state index contributed by atoms with van der Waals surface area (Å²) in [5, 5.41) is 16.0. The second-order valence-corrected chi connectivity index (χ2v) is 5.98. The molecule has 2 aliphatic heterocycles. The van der Waals surface area contributed by atoms with E-state index in [1.807, 2.05) is 23.2 Å². The zero-order valence-electron chi connectivity index (χ0n) is 12.7. The zero-order chi connectivity index (χ0) is 15.8. The maximum atomic E-state index is 12.9. The predicted molar refractivity (Wildman–Crippen MR) is 85.4 cm³/mol. The van der Waals surface area contributed by atoms with Crippen LogP contribution in [0.3, 0.4) is 0 Å². The van der Waals surface area contributed by atoms with E-state index in [0.29, 0.717) is 13.1 Å². The third-order valence-corrected chi connectivity index (χ3v) is 4.77. The molecule has 1 fully saturated rings. The molecule has 6 heteroatoms. The Morgan fingerprint density at radius 2 is 2.30 bits per heavy atom. The summed E-state index contributed by atoms with van der Waals surface area (Å²) >= 11 is 0. The summed E-state index contributed by atoms with van der Waals surface area (Å²) in [6.07, 6.45) is 8.32. The van der Waals surface area contributed by atoms with Gasteiger partial charge in [-0.25, -0.2) is 0 Å². The van der Waals surface area contributed by atoms with Crippen LogP contribution < -0.4 is 4.90 Å². The molecule has 1 aromatic heterocycles. The van der Waals surface area contributed by atoms with Crippen LogP contribution in [0.4, 0.5) is 5.69 Å². The summed E-state index contributed by atoms with van der Waals surface area (Å²) in [5.41, 5.74) is 4.31. The lowest BCUT2D eigenvalue weighted by Gasteiger charge is -2.24. The summed E-state index contributed by atoms with van der Waals surface area (Å²) < 4.78 is 0. The van der Waals surface area contributed by atoms with Crippen molar-refractivity contribution in [3.05, 3.63) is 36.2 Å². The highest BCUT2D eigenvalue weighted by molar-refractivity contribution is 6.00. The van der Waals surface area contributed by atoms with E-state index in [2.05, 4.69) is 22.5 Å². The summed E-state index contributed by atoms with van der Waals surface area (Å²) in [5.74, 6) is 0.0483. The third kappa shape index (κ3) is 2.16. The minimum atomic E-state index is -0.302. The molecule has 1 atom stereocenters. The van der Waals surface area contributed by atoms with Gasteiger partial charge in [0, 0.05) is 30.5 Å². The average Bonchev–Trinajstić information content (AvgIpc) is 3.32. The smallest absolute Gasteiger partial charge is 0.250 e. The Morgan fingerprint density at radius 1 is 1.39 bits per heavy atom. The van der Waals surface area contributed by atoms with Gasteiger partial charge in [0.1, 0.15) is 6.04 Å². The summed E-state index contributed by atoms with van der Waals surface area (Å²) in [6.45, 7) is 1.36. The van der Waals surface area contributed by atoms with Crippen LogP contribution in [0.15, 0.2) is 30.6 Å². The fraction of sp³-hybridized carbons (Fsp3) is 0.353. The Kier molecular flexibility index (Phi) is 3.27. The van der Waals surface area contributed by atoms with Gasteiger partial charge in [0.15, 0.2) is 6.19 Å². The minimum Gasteiger partial charge on any atom is -0.310 e. The van der Waals surface area contributed by atoms with Gasteiger partial charge in [0.2, 0.25) is 5.91 Å². The number of carbonyl (C=O) groups excluding carboxylic acids is 1. The van der Waals surface area contributed by atoms with Gasteiger partial charge in [-0.15, -0.1) is 0 Å². The lowest BCUT2D eigenvalue weighted by molar-refractivity contribution is -0.121. The number of anilines is 1. The molecule has 0 aliphatic carbocycles. The molecule has 0 spiro atoms. The first-order valence-corrected chi connectivity index (χ1v) is 7.88. The molecule has 116 valence electrons. The van der Waals surface area contributed by atoms with Crippen molar-refractivity contribution in [1.82, 2.24) is 15.1 Å². The highest BCUT2D eigenvalue weighted by Gasteiger charge is 2.36. The SMILES string of the molecule is N#CN1CCCC1C(=O)N1CCc2c(-c3cn[nH]c3)cccc21. The van der Waals surface area contributed by atoms with Crippen LogP contribution in [0.5, 0.6) is 0 Å². The van der Waals surface area contributed by atoms with Gasteiger partial charge in [-0.2, -0.15) is 10.4 Å². The van der Waals surface area contributed by atoms with E-state index in [1.54, 1.807) is 11.1 Å². The van der Waals surface area contributed by atoms with Gasteiger partial charge in [0.25, 0.3) is 0 Å². The molecule has 1 unspecified atom stereocenters. The Balaban J connectivity index is 1.68. The van der Waals surface area contributed by atoms with E-state index in [4.69, 9.17) is 0 Å². The number of hydrogen-bond donors (Lipinski definition) is 1. The lowest BCUT2D eigenvalue weighted by Crippen LogP contribution is -2.43. The van der Waals surface area contributed by atoms with Crippen LogP contribution >= 0.6 is 0 Å². The largest absolute Gasteiger partial charge is 0.310 e. The number of amides is 1. The maximum absolute atomic E-state index is 12.9. The van der Waals surface area contributed by atoms with E-state index in [-0.39, 0.29) is 11.9 Å². The van der Waals surface area contributed by atoms with Gasteiger partial charge in [-0.3, -0.25) is 14.8 Å². The highest BCUT2D eigenvalue weighted by atomic mass is 16.2. The molecule has 1 aromatic carbocycles. The standard InChI is InChI=1S/C17H17N5O/c18-11-21-7-2-5-16(21)17(23)22-8-6-14-13(3-1-4-15(14)22)12-9-19-20-10-12/h1,3-4,9-10,16H,2,5-8H2,(H,19,20). The summed E-state index contributed by atoms with van der Waals surface area (Å²) in [7, 11) is 0. The van der Waals surface area contributed by atoms with Crippen molar-refractivity contribution in [3.8, 4) is 17.3 Å². The second kappa shape index (κ2) is 5.43. The lowest BCUT2D eigenvalue weighted by atomic mass is 10.0. The molecular weight excluding hydrogens is 290 g/mol. The molecular formula is C17H17N5O. The van der Waals surface area contributed by atoms with Crippen LogP contribution in [-0.2, 0) is 11.2 Å². The first kappa shape index (κ1) is 13.8. The Hall–Kier alpha value is -2.81. The highest BCUT2D eigenvalue weighted by Crippen LogP contribution is 2.37. The number of H-pyrrole nitrogens is 1. The first-order chi connectivity index (χ1) is 11.3. The quantitative estimate of drug-likeness (QED) is 0.860. The molecule has 23 heavy (non-hydrogen) atoms. The first-order valence-electron chi connectivity index (χ1n) is 7.88. The van der Waals surface area contributed by atoms with Crippen LogP contribution in [0.2, 0.25) is 0 Å². The molecule has 2 aromatic rings. The van der Waals surface area contributed by atoms with Crippen molar-refractivity contribution in [2.45, 2.75) is 25.3 Å². The van der Waals surface area contributed by atoms with Gasteiger partial charge in [0.05, 0.1) is 6.20 Å². The van der Waals surface area contributed by atoms with Crippen molar-refractivity contribution < 1.29 is 4.79 Å². The normalized spacial score (nSPS) is 19.7. The number of fused-ring (bicyclic) bond motifs is 1. The number of aromatic nitrogens is 2. The van der Waals surface area contributed by atoms with E-state index < -0.39 is 0 Å². The number of aromatic amines is 1. The van der Waals surface area contributed by atoms with Crippen LogP contribution in [0.1, 0.15) is 18.4 Å². The summed E-state index contributed by atoms with van der Waals surface area (Å²) in [6, 6.07) is 5.73. The number of nitrogens with one attached hydrogen (secondary N) is 1. The molecule has 3 heterocycles. The van der Waals surface area contributed by atoms with Crippen molar-refractivity contribution in [2.75, 3.05) is 18.0 Å². The van der Waals surface area contributed by atoms with Gasteiger partial charge >= 0.3 is 0 Å². The second-order valence-electron chi connectivity index (χ2n) is 5.98. The molecule has 1 amide bonds. The van der Waals surface area contributed by atoms with Gasteiger partial charge in [-0.05, 0) is 36.5 Å². The summed E-state index contributed by atoms with van der Waals surface area (Å²) in [4.78, 5) is 16.3. The zero-order valence-corrected chi connectivity index (χ0v) is 12.7. The number of hydrogen-bond acceptors (Lipinski definition) is 4. The Bertz CT molecular complexity index is 777. The van der Waals surface area contributed by atoms with Crippen molar-refractivity contribution in [1.29, 1.82) is 5.26 Å². The average molecular weight is 307 g/mol. The molecule has 2 aliphatic rings. The number of rotatable bonds is 2. The van der Waals surface area contributed by atoms with Crippen LogP contribution in [0, 0.1) is 11.5 Å². The van der Waals surface area contributed by atoms with E-state index in [1.165, 1.54) is 5.56 Å². The molecule has 1 N–H and O–H groups in total. The minimum absolute atomic E-state index is 0.0483. The van der Waals surface area contributed by atoms with Gasteiger partial charge < -0.3 is 4.90 Å². The van der Waals surface area contributed by atoms with Crippen LogP contribution in [0.25, 0.3) is 11.1 Å². The Labute approximate surface area is 134 Å². The van der Waals surface area contributed by atoms with E-state index in [0.717, 1.165) is 36.1 Å². The van der Waals surface area contributed by atoms with E-state index >= 15 is 0 Å². The van der Waals surface area contributed by atoms with E-state index in [9.17, 15) is 10.1 Å². The molecule has 0 saturated carbocycles. The fourth-order valence-electron chi connectivity index (χ4n) is 3.65. The third-order valence-electron chi connectivity index (χ3n) is 4.77. The maximum Gasteiger partial charge on any atom is 0.250 e. The predicted octanol–water partition coefficient (Wildman–Crippen LogP) is 1.91. The molecule has 0 radical (unpaired) electrons. The number of nitriles is 1. The fourth-order valence-corrected chi connectivity index (χ4v) is 3.65. The van der Waals surface area contributed by atoms with Gasteiger partial charge in [-0.1, -0.05) is 12.1 Å². The molecule has 0 bridgehead atoms. The molecule has 6 nitrogen and oxygen atoms in total. The monoisotopic (exact) mass is 307 g/mol.